The minimum absolute atomic E-state index is 0.0589. The van der Waals surface area contributed by atoms with E-state index in [9.17, 15) is 13.6 Å². The summed E-state index contributed by atoms with van der Waals surface area (Å²) in [6, 6.07) is 7.55. The van der Waals surface area contributed by atoms with E-state index < -0.39 is 17.6 Å². The molecule has 0 unspecified atom stereocenters. The van der Waals surface area contributed by atoms with Gasteiger partial charge in [0.25, 0.3) is 0 Å². The van der Waals surface area contributed by atoms with Crippen molar-refractivity contribution in [3.63, 3.8) is 0 Å². The zero-order chi connectivity index (χ0) is 14.3. The number of hydrogen-bond donors (Lipinski definition) is 1. The van der Waals surface area contributed by atoms with Crippen molar-refractivity contribution in [2.24, 2.45) is 0 Å². The normalized spacial score (nSPS) is 10.9. The lowest BCUT2D eigenvalue weighted by Gasteiger charge is -2.03. The molecule has 0 aliphatic heterocycles. The number of nitrogens with zero attached hydrogens (tertiary/aromatic N) is 3. The van der Waals surface area contributed by atoms with Gasteiger partial charge in [0, 0.05) is 6.07 Å². The topological polar surface area (TPSA) is 68.0 Å². The fourth-order valence-corrected chi connectivity index (χ4v) is 1.86. The van der Waals surface area contributed by atoms with Gasteiger partial charge in [-0.3, -0.25) is 0 Å². The van der Waals surface area contributed by atoms with Gasteiger partial charge in [0.15, 0.2) is 11.6 Å². The quantitative estimate of drug-likeness (QED) is 0.779. The number of aromatic nitrogens is 3. The summed E-state index contributed by atoms with van der Waals surface area (Å²) < 4.78 is 27.4. The Morgan fingerprint density at radius 3 is 2.60 bits per heavy atom. The number of carboxylic acid groups (broad SMARTS) is 1. The molecule has 1 heterocycles. The van der Waals surface area contributed by atoms with Gasteiger partial charge in [0.05, 0.1) is 16.8 Å². The van der Waals surface area contributed by atoms with Crippen LogP contribution < -0.4 is 0 Å². The van der Waals surface area contributed by atoms with Crippen LogP contribution in [-0.4, -0.2) is 26.1 Å². The van der Waals surface area contributed by atoms with Crippen LogP contribution in [0.3, 0.4) is 0 Å². The Morgan fingerprint density at radius 1 is 1.10 bits per heavy atom. The van der Waals surface area contributed by atoms with Gasteiger partial charge in [0.2, 0.25) is 0 Å². The van der Waals surface area contributed by atoms with Gasteiger partial charge >= 0.3 is 5.97 Å². The fraction of sp³-hybridized carbons (Fsp3) is 0. The molecule has 0 saturated heterocycles. The van der Waals surface area contributed by atoms with E-state index in [1.54, 1.807) is 0 Å². The van der Waals surface area contributed by atoms with Crippen LogP contribution in [0.5, 0.6) is 0 Å². The molecule has 0 aliphatic carbocycles. The molecular weight excluding hydrogens is 268 g/mol. The maximum Gasteiger partial charge on any atom is 0.335 e. The van der Waals surface area contributed by atoms with Gasteiger partial charge in [0.1, 0.15) is 5.52 Å². The maximum atomic E-state index is 13.2. The zero-order valence-electron chi connectivity index (χ0n) is 9.92. The third-order valence-corrected chi connectivity index (χ3v) is 2.84. The molecule has 0 spiro atoms. The molecule has 20 heavy (non-hydrogen) atoms. The second kappa shape index (κ2) is 4.37. The highest BCUT2D eigenvalue weighted by Gasteiger charge is 2.12. The number of aromatic carboxylic acids is 1. The molecule has 0 saturated carbocycles. The standard InChI is InChI=1S/C13H7F2N3O2/c14-9-3-2-8(6-10(9)15)18-12-5-7(13(19)20)1-4-11(12)16-17-18/h1-6H,(H,19,20). The predicted molar refractivity (Wildman–Crippen MR) is 65.7 cm³/mol. The predicted octanol–water partition coefficient (Wildman–Crippen LogP) is 2.40. The summed E-state index contributed by atoms with van der Waals surface area (Å²) in [4.78, 5) is 11.0. The SMILES string of the molecule is O=C(O)c1ccc2nnn(-c3ccc(F)c(F)c3)c2c1. The molecule has 0 fully saturated rings. The zero-order valence-corrected chi connectivity index (χ0v) is 9.92. The maximum absolute atomic E-state index is 13.2. The van der Waals surface area contributed by atoms with Crippen LogP contribution in [0.2, 0.25) is 0 Å². The van der Waals surface area contributed by atoms with Crippen molar-refractivity contribution in [3.8, 4) is 5.69 Å². The molecule has 0 radical (unpaired) electrons. The number of rotatable bonds is 2. The van der Waals surface area contributed by atoms with Crippen molar-refractivity contribution in [1.29, 1.82) is 0 Å². The van der Waals surface area contributed by atoms with Gasteiger partial charge in [-0.25, -0.2) is 18.3 Å². The molecule has 100 valence electrons. The molecule has 1 aromatic heterocycles. The van der Waals surface area contributed by atoms with Crippen molar-refractivity contribution in [2.75, 3.05) is 0 Å². The minimum atomic E-state index is -1.09. The molecule has 1 N–H and O–H groups in total. The third-order valence-electron chi connectivity index (χ3n) is 2.84. The van der Waals surface area contributed by atoms with E-state index in [0.717, 1.165) is 12.1 Å². The van der Waals surface area contributed by atoms with Crippen LogP contribution in [0.4, 0.5) is 8.78 Å². The highest BCUT2D eigenvalue weighted by atomic mass is 19.2. The number of halogens is 2. The lowest BCUT2D eigenvalue weighted by molar-refractivity contribution is 0.0697. The van der Waals surface area contributed by atoms with Crippen LogP contribution in [0.1, 0.15) is 10.4 Å². The number of benzene rings is 2. The van der Waals surface area contributed by atoms with Crippen LogP contribution in [0.25, 0.3) is 16.7 Å². The van der Waals surface area contributed by atoms with Crippen LogP contribution in [0.15, 0.2) is 36.4 Å². The summed E-state index contributed by atoms with van der Waals surface area (Å²) >= 11 is 0. The number of carbonyl (C=O) groups is 1. The highest BCUT2D eigenvalue weighted by molar-refractivity contribution is 5.92. The first-order valence-electron chi connectivity index (χ1n) is 5.60. The van der Waals surface area contributed by atoms with E-state index in [1.165, 1.54) is 28.9 Å². The molecule has 3 rings (SSSR count). The van der Waals surface area contributed by atoms with Crippen molar-refractivity contribution < 1.29 is 18.7 Å². The number of carboxylic acids is 1. The minimum Gasteiger partial charge on any atom is -0.478 e. The van der Waals surface area contributed by atoms with Gasteiger partial charge < -0.3 is 5.11 Å². The van der Waals surface area contributed by atoms with Crippen molar-refractivity contribution in [3.05, 3.63) is 53.6 Å². The average molecular weight is 275 g/mol. The first-order chi connectivity index (χ1) is 9.56. The lowest BCUT2D eigenvalue weighted by Crippen LogP contribution is -2.00. The molecule has 7 heteroatoms. The fourth-order valence-electron chi connectivity index (χ4n) is 1.86. The summed E-state index contributed by atoms with van der Waals surface area (Å²) in [6.07, 6.45) is 0. The molecule has 0 bridgehead atoms. The van der Waals surface area contributed by atoms with E-state index in [2.05, 4.69) is 10.3 Å². The van der Waals surface area contributed by atoms with E-state index in [0.29, 0.717) is 11.0 Å². The van der Waals surface area contributed by atoms with E-state index in [4.69, 9.17) is 5.11 Å². The Labute approximate surface area is 111 Å². The monoisotopic (exact) mass is 275 g/mol. The van der Waals surface area contributed by atoms with Crippen molar-refractivity contribution in [1.82, 2.24) is 15.0 Å². The molecule has 0 aliphatic rings. The second-order valence-corrected chi connectivity index (χ2v) is 4.11. The largest absolute Gasteiger partial charge is 0.478 e. The summed E-state index contributed by atoms with van der Waals surface area (Å²) in [6.45, 7) is 0. The molecule has 3 aromatic rings. The first kappa shape index (κ1) is 12.2. The molecular formula is C13H7F2N3O2. The Bertz CT molecular complexity index is 830. The van der Waals surface area contributed by atoms with Crippen LogP contribution in [-0.2, 0) is 0 Å². The van der Waals surface area contributed by atoms with Crippen molar-refractivity contribution in [2.45, 2.75) is 0 Å². The van der Waals surface area contributed by atoms with E-state index in [1.807, 2.05) is 0 Å². The average Bonchev–Trinajstić information content (AvgIpc) is 2.84. The van der Waals surface area contributed by atoms with Crippen LogP contribution >= 0.6 is 0 Å². The Kier molecular flexibility index (Phi) is 2.67. The van der Waals surface area contributed by atoms with Gasteiger partial charge in [-0.15, -0.1) is 5.10 Å². The first-order valence-corrected chi connectivity index (χ1v) is 5.60. The molecule has 0 amide bonds. The summed E-state index contributed by atoms with van der Waals surface area (Å²) in [5.41, 5.74) is 1.17. The van der Waals surface area contributed by atoms with Crippen LogP contribution in [0, 0.1) is 11.6 Å². The summed E-state index contributed by atoms with van der Waals surface area (Å²) in [7, 11) is 0. The highest BCUT2D eigenvalue weighted by Crippen LogP contribution is 2.19. The molecule has 0 atom stereocenters. The van der Waals surface area contributed by atoms with Gasteiger partial charge in [-0.1, -0.05) is 5.21 Å². The van der Waals surface area contributed by atoms with Crippen molar-refractivity contribution >= 4 is 17.0 Å². The second-order valence-electron chi connectivity index (χ2n) is 4.11. The summed E-state index contributed by atoms with van der Waals surface area (Å²) in [5.74, 6) is -3.07. The molecule has 5 nitrogen and oxygen atoms in total. The number of fused-ring (bicyclic) bond motifs is 1. The third kappa shape index (κ3) is 1.89. The van der Waals surface area contributed by atoms with E-state index in [-0.39, 0.29) is 11.3 Å². The smallest absolute Gasteiger partial charge is 0.335 e. The van der Waals surface area contributed by atoms with Gasteiger partial charge in [-0.2, -0.15) is 0 Å². The van der Waals surface area contributed by atoms with Gasteiger partial charge in [-0.05, 0) is 30.3 Å². The number of hydrogen-bond acceptors (Lipinski definition) is 3. The summed E-state index contributed by atoms with van der Waals surface area (Å²) in [5, 5.41) is 16.6. The Morgan fingerprint density at radius 2 is 1.90 bits per heavy atom. The van der Waals surface area contributed by atoms with E-state index >= 15 is 0 Å². The molecule has 2 aromatic carbocycles. The Hall–Kier alpha value is -2.83. The Balaban J connectivity index is 2.22. The lowest BCUT2D eigenvalue weighted by atomic mass is 10.2.